The molecule has 118 valence electrons. The predicted octanol–water partition coefficient (Wildman–Crippen LogP) is 2.20. The lowest BCUT2D eigenvalue weighted by atomic mass is 10.1. The van der Waals surface area contributed by atoms with E-state index in [0.29, 0.717) is 24.8 Å². The van der Waals surface area contributed by atoms with Crippen LogP contribution < -0.4 is 10.6 Å². The molecular formula is C16H23N5O. The zero-order valence-corrected chi connectivity index (χ0v) is 13.4. The van der Waals surface area contributed by atoms with Gasteiger partial charge in [-0.3, -0.25) is 0 Å². The lowest BCUT2D eigenvalue weighted by molar-refractivity contribution is 0.371. The first kappa shape index (κ1) is 16.0. The lowest BCUT2D eigenvalue weighted by Crippen LogP contribution is -2.36. The standard InChI is InChI=1S/C16H23N5O/c1-4-13-8-6-7-9-14(13)10-18-16(17-5-2)19-11-15-20-12(3)21-22-15/h6-9H,4-5,10-11H2,1-3H3,(H2,17,18,19). The number of hydrogen-bond donors (Lipinski definition) is 2. The Balaban J connectivity index is 2.00. The van der Waals surface area contributed by atoms with Crippen molar-refractivity contribution >= 4 is 5.96 Å². The van der Waals surface area contributed by atoms with Crippen molar-refractivity contribution in [2.75, 3.05) is 6.54 Å². The molecule has 0 radical (unpaired) electrons. The summed E-state index contributed by atoms with van der Waals surface area (Å²) in [5, 5.41) is 10.2. The van der Waals surface area contributed by atoms with Crippen LogP contribution in [0.5, 0.6) is 0 Å². The smallest absolute Gasteiger partial charge is 0.246 e. The van der Waals surface area contributed by atoms with Gasteiger partial charge in [-0.1, -0.05) is 36.3 Å². The van der Waals surface area contributed by atoms with E-state index in [9.17, 15) is 0 Å². The molecule has 2 N–H and O–H groups in total. The predicted molar refractivity (Wildman–Crippen MR) is 86.5 cm³/mol. The van der Waals surface area contributed by atoms with Crippen LogP contribution in [0, 0.1) is 6.92 Å². The van der Waals surface area contributed by atoms with Crippen LogP contribution in [0.15, 0.2) is 33.8 Å². The highest BCUT2D eigenvalue weighted by atomic mass is 16.5. The first-order chi connectivity index (χ1) is 10.7. The van der Waals surface area contributed by atoms with Gasteiger partial charge in [0.2, 0.25) is 5.89 Å². The molecule has 0 spiro atoms. The molecule has 0 aliphatic carbocycles. The van der Waals surface area contributed by atoms with Gasteiger partial charge in [-0.2, -0.15) is 4.98 Å². The van der Waals surface area contributed by atoms with Gasteiger partial charge in [0.05, 0.1) is 13.1 Å². The molecule has 0 amide bonds. The van der Waals surface area contributed by atoms with Crippen LogP contribution in [-0.2, 0) is 19.5 Å². The molecule has 22 heavy (non-hydrogen) atoms. The van der Waals surface area contributed by atoms with E-state index >= 15 is 0 Å². The molecule has 0 bridgehead atoms. The third-order valence-corrected chi connectivity index (χ3v) is 3.23. The van der Waals surface area contributed by atoms with Crippen molar-refractivity contribution in [2.45, 2.75) is 40.3 Å². The van der Waals surface area contributed by atoms with Crippen molar-refractivity contribution < 1.29 is 4.52 Å². The van der Waals surface area contributed by atoms with Gasteiger partial charge in [-0.15, -0.1) is 0 Å². The van der Waals surface area contributed by atoms with Gasteiger partial charge in [0, 0.05) is 6.54 Å². The van der Waals surface area contributed by atoms with Crippen molar-refractivity contribution in [3.05, 3.63) is 47.1 Å². The Labute approximate surface area is 131 Å². The van der Waals surface area contributed by atoms with Crippen molar-refractivity contribution in [3.63, 3.8) is 0 Å². The summed E-state index contributed by atoms with van der Waals surface area (Å²) < 4.78 is 5.09. The maximum atomic E-state index is 5.09. The number of rotatable bonds is 6. The second kappa shape index (κ2) is 8.17. The number of aromatic nitrogens is 2. The summed E-state index contributed by atoms with van der Waals surface area (Å²) >= 11 is 0. The van der Waals surface area contributed by atoms with Gasteiger partial charge < -0.3 is 15.2 Å². The molecule has 0 fully saturated rings. The van der Waals surface area contributed by atoms with Gasteiger partial charge in [-0.25, -0.2) is 4.99 Å². The third kappa shape index (κ3) is 4.58. The van der Waals surface area contributed by atoms with Crippen molar-refractivity contribution in [3.8, 4) is 0 Å². The van der Waals surface area contributed by atoms with Crippen molar-refractivity contribution in [2.24, 2.45) is 4.99 Å². The van der Waals surface area contributed by atoms with Crippen molar-refractivity contribution in [1.82, 2.24) is 20.8 Å². The van der Waals surface area contributed by atoms with Crippen LogP contribution in [-0.4, -0.2) is 22.6 Å². The number of nitrogens with zero attached hydrogens (tertiary/aromatic N) is 3. The summed E-state index contributed by atoms with van der Waals surface area (Å²) in [7, 11) is 0. The molecule has 0 atom stereocenters. The van der Waals surface area contributed by atoms with Crippen molar-refractivity contribution in [1.29, 1.82) is 0 Å². The molecule has 0 aliphatic heterocycles. The monoisotopic (exact) mass is 301 g/mol. The summed E-state index contributed by atoms with van der Waals surface area (Å²) in [5.41, 5.74) is 2.57. The average Bonchev–Trinajstić information content (AvgIpc) is 2.96. The van der Waals surface area contributed by atoms with E-state index in [2.05, 4.69) is 50.9 Å². The van der Waals surface area contributed by atoms with Gasteiger partial charge in [0.15, 0.2) is 11.8 Å². The van der Waals surface area contributed by atoms with Crippen LogP contribution in [0.2, 0.25) is 0 Å². The minimum atomic E-state index is 0.460. The topological polar surface area (TPSA) is 75.3 Å². The highest BCUT2D eigenvalue weighted by molar-refractivity contribution is 5.79. The average molecular weight is 301 g/mol. The van der Waals surface area contributed by atoms with Crippen LogP contribution in [0.3, 0.4) is 0 Å². The normalized spacial score (nSPS) is 11.5. The van der Waals surface area contributed by atoms with Gasteiger partial charge >= 0.3 is 0 Å². The Morgan fingerprint density at radius 3 is 2.59 bits per heavy atom. The highest BCUT2D eigenvalue weighted by Gasteiger charge is 2.05. The van der Waals surface area contributed by atoms with E-state index in [1.165, 1.54) is 11.1 Å². The zero-order chi connectivity index (χ0) is 15.8. The number of benzene rings is 1. The Morgan fingerprint density at radius 1 is 1.18 bits per heavy atom. The molecule has 0 saturated heterocycles. The molecule has 0 saturated carbocycles. The maximum absolute atomic E-state index is 5.09. The quantitative estimate of drug-likeness (QED) is 0.632. The summed E-state index contributed by atoms with van der Waals surface area (Å²) in [6, 6.07) is 8.37. The van der Waals surface area contributed by atoms with E-state index in [-0.39, 0.29) is 0 Å². The van der Waals surface area contributed by atoms with E-state index in [1.54, 1.807) is 6.92 Å². The molecule has 1 aromatic carbocycles. The number of guanidine groups is 1. The number of hydrogen-bond acceptors (Lipinski definition) is 4. The summed E-state index contributed by atoms with van der Waals surface area (Å²) in [5.74, 6) is 1.93. The van der Waals surface area contributed by atoms with E-state index in [0.717, 1.165) is 18.9 Å². The molecule has 0 unspecified atom stereocenters. The SMILES string of the molecule is CCNC(=NCc1ccccc1CC)NCc1nc(C)no1. The summed E-state index contributed by atoms with van der Waals surface area (Å²) in [6.07, 6.45) is 1.01. The third-order valence-electron chi connectivity index (χ3n) is 3.23. The fourth-order valence-electron chi connectivity index (χ4n) is 2.13. The minimum Gasteiger partial charge on any atom is -0.357 e. The van der Waals surface area contributed by atoms with Gasteiger partial charge in [0.1, 0.15) is 0 Å². The van der Waals surface area contributed by atoms with Gasteiger partial charge in [-0.05, 0) is 31.4 Å². The fraction of sp³-hybridized carbons (Fsp3) is 0.438. The van der Waals surface area contributed by atoms with Crippen LogP contribution in [0.1, 0.15) is 36.7 Å². The molecule has 2 rings (SSSR count). The van der Waals surface area contributed by atoms with Gasteiger partial charge in [0.25, 0.3) is 0 Å². The zero-order valence-electron chi connectivity index (χ0n) is 13.4. The first-order valence-corrected chi connectivity index (χ1v) is 7.61. The minimum absolute atomic E-state index is 0.460. The Morgan fingerprint density at radius 2 is 1.95 bits per heavy atom. The van der Waals surface area contributed by atoms with E-state index in [1.807, 2.05) is 13.0 Å². The molecule has 0 aliphatic rings. The maximum Gasteiger partial charge on any atom is 0.246 e. The molecule has 1 aromatic heterocycles. The van der Waals surface area contributed by atoms with Crippen LogP contribution in [0.25, 0.3) is 0 Å². The van der Waals surface area contributed by atoms with Crippen LogP contribution >= 0.6 is 0 Å². The lowest BCUT2D eigenvalue weighted by Gasteiger charge is -2.10. The number of aliphatic imine (C=N–C) groups is 1. The van der Waals surface area contributed by atoms with E-state index in [4.69, 9.17) is 4.52 Å². The second-order valence-corrected chi connectivity index (χ2v) is 4.91. The largest absolute Gasteiger partial charge is 0.357 e. The summed E-state index contributed by atoms with van der Waals surface area (Å²) in [6.45, 7) is 7.89. The number of nitrogens with one attached hydrogen (secondary N) is 2. The molecule has 6 nitrogen and oxygen atoms in total. The second-order valence-electron chi connectivity index (χ2n) is 4.91. The molecule has 2 aromatic rings. The molecule has 6 heteroatoms. The number of aryl methyl sites for hydroxylation is 2. The summed E-state index contributed by atoms with van der Waals surface area (Å²) in [4.78, 5) is 8.78. The Hall–Kier alpha value is -2.37. The Kier molecular flexibility index (Phi) is 5.94. The molecular weight excluding hydrogens is 278 g/mol. The van der Waals surface area contributed by atoms with E-state index < -0.39 is 0 Å². The van der Waals surface area contributed by atoms with Crippen LogP contribution in [0.4, 0.5) is 0 Å². The highest BCUT2D eigenvalue weighted by Crippen LogP contribution is 2.10. The fourth-order valence-corrected chi connectivity index (χ4v) is 2.13. The first-order valence-electron chi connectivity index (χ1n) is 7.61. The Bertz CT molecular complexity index is 621. The molecule has 1 heterocycles.